The average molecular weight is 299 g/mol. The Bertz CT molecular complexity index is 683. The highest BCUT2D eigenvalue weighted by Gasteiger charge is 2.31. The molecule has 19 heavy (non-hydrogen) atoms. The second kappa shape index (κ2) is 4.42. The van der Waals surface area contributed by atoms with Crippen molar-refractivity contribution in [3.05, 3.63) is 34.6 Å². The van der Waals surface area contributed by atoms with Gasteiger partial charge in [-0.25, -0.2) is 13.8 Å². The van der Waals surface area contributed by atoms with E-state index < -0.39 is 11.6 Å². The number of fused-ring (bicyclic) bond motifs is 1. The van der Waals surface area contributed by atoms with E-state index in [1.165, 1.54) is 18.2 Å². The Balaban J connectivity index is 2.13. The van der Waals surface area contributed by atoms with E-state index in [0.29, 0.717) is 4.80 Å². The zero-order chi connectivity index (χ0) is 13.6. The number of thioether (sulfide) groups is 1. The third kappa shape index (κ3) is 2.32. The lowest BCUT2D eigenvalue weighted by Gasteiger charge is -2.12. The maximum Gasteiger partial charge on any atom is 0.210 e. The fraction of sp³-hybridized carbons (Fsp3) is 0.333. The van der Waals surface area contributed by atoms with Gasteiger partial charge in [0.15, 0.2) is 16.8 Å². The fourth-order valence-electron chi connectivity index (χ4n) is 1.90. The van der Waals surface area contributed by atoms with E-state index in [0.717, 1.165) is 23.2 Å². The topological polar surface area (TPSA) is 30.2 Å². The minimum Gasteiger partial charge on any atom is -0.293 e. The van der Waals surface area contributed by atoms with Crippen LogP contribution in [0.1, 0.15) is 13.8 Å². The summed E-state index contributed by atoms with van der Waals surface area (Å²) in [6.07, 6.45) is 0. The number of benzene rings is 1. The summed E-state index contributed by atoms with van der Waals surface area (Å²) in [4.78, 5) is 4.62. The van der Waals surface area contributed by atoms with E-state index in [1.54, 1.807) is 11.8 Å². The molecule has 0 spiro atoms. The summed E-state index contributed by atoms with van der Waals surface area (Å²) in [6, 6.07) is 3.73. The van der Waals surface area contributed by atoms with E-state index in [1.807, 2.05) is 4.57 Å². The third-order valence-corrected chi connectivity index (χ3v) is 4.75. The van der Waals surface area contributed by atoms with E-state index in [9.17, 15) is 8.78 Å². The lowest BCUT2D eigenvalue weighted by atomic mass is 10.2. The minimum absolute atomic E-state index is 0.0361. The molecule has 0 atom stereocenters. The van der Waals surface area contributed by atoms with Gasteiger partial charge in [-0.05, 0) is 26.0 Å². The Kier molecular flexibility index (Phi) is 2.98. The molecule has 1 aromatic heterocycles. The Labute approximate surface area is 117 Å². The zero-order valence-corrected chi connectivity index (χ0v) is 12.0. The number of hydrogen-bond donors (Lipinski definition) is 0. The van der Waals surface area contributed by atoms with Gasteiger partial charge < -0.3 is 0 Å². The van der Waals surface area contributed by atoms with Crippen LogP contribution in [0, 0.1) is 11.6 Å². The van der Waals surface area contributed by atoms with Gasteiger partial charge in [-0.15, -0.1) is 0 Å². The minimum atomic E-state index is -0.660. The summed E-state index contributed by atoms with van der Waals surface area (Å²) in [5.74, 6) is -1.32. The summed E-state index contributed by atoms with van der Waals surface area (Å²) in [7, 11) is 0. The van der Waals surface area contributed by atoms with Gasteiger partial charge in [0.2, 0.25) is 4.80 Å². The van der Waals surface area contributed by atoms with Gasteiger partial charge in [0.05, 0.1) is 0 Å². The van der Waals surface area contributed by atoms with Crippen molar-refractivity contribution in [3.63, 3.8) is 0 Å². The Morgan fingerprint density at radius 3 is 2.68 bits per heavy atom. The molecule has 2 heterocycles. The molecular formula is C12H11F2N3S2. The van der Waals surface area contributed by atoms with Crippen molar-refractivity contribution in [1.29, 1.82) is 0 Å². The predicted molar refractivity (Wildman–Crippen MR) is 71.6 cm³/mol. The van der Waals surface area contributed by atoms with Gasteiger partial charge in [0.25, 0.3) is 0 Å². The summed E-state index contributed by atoms with van der Waals surface area (Å²) in [6.45, 7) is 4.94. The zero-order valence-electron chi connectivity index (χ0n) is 10.4. The van der Waals surface area contributed by atoms with Gasteiger partial charge in [-0.1, -0.05) is 17.8 Å². The van der Waals surface area contributed by atoms with Crippen LogP contribution < -0.4 is 4.80 Å². The van der Waals surface area contributed by atoms with Gasteiger partial charge in [-0.3, -0.25) is 4.57 Å². The molecule has 0 bridgehead atoms. The first-order chi connectivity index (χ1) is 8.96. The molecule has 2 aromatic rings. The highest BCUT2D eigenvalue weighted by molar-refractivity contribution is 8.00. The summed E-state index contributed by atoms with van der Waals surface area (Å²) in [5, 5.41) is 0.852. The molecule has 1 aliphatic heterocycles. The smallest absolute Gasteiger partial charge is 0.210 e. The van der Waals surface area contributed by atoms with Crippen molar-refractivity contribution < 1.29 is 8.78 Å². The van der Waals surface area contributed by atoms with Crippen molar-refractivity contribution in [3.8, 4) is 0 Å². The lowest BCUT2D eigenvalue weighted by molar-refractivity contribution is 0.551. The third-order valence-electron chi connectivity index (χ3n) is 2.72. The van der Waals surface area contributed by atoms with E-state index in [-0.39, 0.29) is 10.4 Å². The van der Waals surface area contributed by atoms with Crippen LogP contribution in [0.5, 0.6) is 0 Å². The van der Waals surface area contributed by atoms with E-state index in [4.69, 9.17) is 0 Å². The number of para-hydroxylation sites is 1. The van der Waals surface area contributed by atoms with Crippen LogP contribution in [0.15, 0.2) is 28.3 Å². The number of halogens is 2. The molecule has 1 aromatic carbocycles. The maximum atomic E-state index is 13.6. The van der Waals surface area contributed by atoms with Crippen molar-refractivity contribution in [2.45, 2.75) is 30.3 Å². The molecule has 1 aliphatic rings. The summed E-state index contributed by atoms with van der Waals surface area (Å²) >= 11 is 2.81. The molecule has 3 rings (SSSR count). The summed E-state index contributed by atoms with van der Waals surface area (Å²) < 4.78 is 33.4. The van der Waals surface area contributed by atoms with Crippen molar-refractivity contribution in [2.24, 2.45) is 4.99 Å². The number of rotatable bonds is 1. The first-order valence-electron chi connectivity index (χ1n) is 5.70. The van der Waals surface area contributed by atoms with Crippen molar-refractivity contribution in [1.82, 2.24) is 8.94 Å². The monoisotopic (exact) mass is 299 g/mol. The first kappa shape index (κ1) is 12.8. The normalized spacial score (nSPS) is 17.8. The Morgan fingerprint density at radius 2 is 2.00 bits per heavy atom. The van der Waals surface area contributed by atoms with Crippen molar-refractivity contribution >= 4 is 29.0 Å². The second-order valence-electron chi connectivity index (χ2n) is 4.88. The summed E-state index contributed by atoms with van der Waals surface area (Å²) in [5.41, 5.74) is -0.254. The highest BCUT2D eigenvalue weighted by atomic mass is 32.2. The Hall–Kier alpha value is -1.21. The van der Waals surface area contributed by atoms with Crippen molar-refractivity contribution in [2.75, 3.05) is 0 Å². The Morgan fingerprint density at radius 1 is 1.32 bits per heavy atom. The standard InChI is InChI=1S/C12H11F2N3S2/c1-12(2)6-17-10(19-16-11(17)18-12)15-9-7(13)4-3-5-8(9)14/h3-5H,6H2,1-2H3. The predicted octanol–water partition coefficient (Wildman–Crippen LogP) is 3.34. The lowest BCUT2D eigenvalue weighted by Crippen LogP contribution is -2.22. The van der Waals surface area contributed by atoms with Gasteiger partial charge >= 0.3 is 0 Å². The van der Waals surface area contributed by atoms with Crippen LogP contribution >= 0.6 is 23.3 Å². The van der Waals surface area contributed by atoms with Crippen LogP contribution in [0.4, 0.5) is 14.5 Å². The van der Waals surface area contributed by atoms with Crippen LogP contribution in [0.3, 0.4) is 0 Å². The number of nitrogens with zero attached hydrogens (tertiary/aromatic N) is 3. The molecule has 0 fully saturated rings. The molecular weight excluding hydrogens is 288 g/mol. The van der Waals surface area contributed by atoms with Crippen LogP contribution in [0.25, 0.3) is 0 Å². The second-order valence-corrected chi connectivity index (χ2v) is 7.28. The van der Waals surface area contributed by atoms with E-state index in [2.05, 4.69) is 23.2 Å². The van der Waals surface area contributed by atoms with Crippen LogP contribution in [-0.2, 0) is 6.54 Å². The molecule has 100 valence electrons. The van der Waals surface area contributed by atoms with E-state index >= 15 is 0 Å². The number of hydrogen-bond acceptors (Lipinski definition) is 4. The molecule has 0 N–H and O–H groups in total. The SMILES string of the molecule is CC1(C)Cn2c(nsc2=Nc2c(F)cccc2F)S1. The number of aromatic nitrogens is 2. The fourth-order valence-corrected chi connectivity index (χ4v) is 3.81. The molecule has 3 nitrogen and oxygen atoms in total. The van der Waals surface area contributed by atoms with Crippen LogP contribution in [0.2, 0.25) is 0 Å². The molecule has 7 heteroatoms. The largest absolute Gasteiger partial charge is 0.293 e. The molecule has 0 amide bonds. The average Bonchev–Trinajstić information content (AvgIpc) is 2.80. The molecule has 0 radical (unpaired) electrons. The molecule has 0 unspecified atom stereocenters. The maximum absolute atomic E-state index is 13.6. The van der Waals surface area contributed by atoms with Gasteiger partial charge in [0, 0.05) is 22.8 Å². The first-order valence-corrected chi connectivity index (χ1v) is 7.29. The highest BCUT2D eigenvalue weighted by Crippen LogP contribution is 2.38. The molecule has 0 aliphatic carbocycles. The van der Waals surface area contributed by atoms with Gasteiger partial charge in [0.1, 0.15) is 5.69 Å². The molecule has 0 saturated carbocycles. The van der Waals surface area contributed by atoms with Crippen LogP contribution in [-0.4, -0.2) is 13.7 Å². The van der Waals surface area contributed by atoms with Gasteiger partial charge in [-0.2, -0.15) is 4.37 Å². The quantitative estimate of drug-likeness (QED) is 0.808. The molecule has 0 saturated heterocycles.